The lowest BCUT2D eigenvalue weighted by Gasteiger charge is -2.11. The second kappa shape index (κ2) is 7.98. The van der Waals surface area contributed by atoms with Crippen molar-refractivity contribution in [2.45, 2.75) is 6.92 Å². The quantitative estimate of drug-likeness (QED) is 0.423. The van der Waals surface area contributed by atoms with E-state index in [2.05, 4.69) is 9.98 Å². The third kappa shape index (κ3) is 3.96. The maximum atomic E-state index is 13.4. The van der Waals surface area contributed by atoms with Gasteiger partial charge < -0.3 is 10.2 Å². The van der Waals surface area contributed by atoms with Crippen molar-refractivity contribution in [3.05, 3.63) is 79.1 Å². The Hall–Kier alpha value is -3.30. The number of rotatable bonds is 4. The highest BCUT2D eigenvalue weighted by Gasteiger charge is 2.15. The number of benzene rings is 2. The first-order chi connectivity index (χ1) is 13.7. The Labute approximate surface area is 173 Å². The zero-order valence-electron chi connectivity index (χ0n) is 14.8. The van der Waals surface area contributed by atoms with Crippen LogP contribution in [-0.4, -0.2) is 31.9 Å². The fourth-order valence-corrected chi connectivity index (χ4v) is 3.11. The molecule has 2 aromatic carbocycles. The van der Waals surface area contributed by atoms with E-state index in [9.17, 15) is 24.2 Å². The van der Waals surface area contributed by atoms with Crippen molar-refractivity contribution in [1.29, 1.82) is 0 Å². The van der Waals surface area contributed by atoms with Crippen LogP contribution < -0.4 is 5.56 Å². The van der Waals surface area contributed by atoms with Crippen molar-refractivity contribution in [2.75, 3.05) is 0 Å². The van der Waals surface area contributed by atoms with Crippen LogP contribution in [-0.2, 0) is 0 Å². The van der Waals surface area contributed by atoms with Crippen LogP contribution in [0.1, 0.15) is 21.5 Å². The molecule has 3 aromatic rings. The molecule has 0 atom stereocenters. The highest BCUT2D eigenvalue weighted by molar-refractivity contribution is 7.71. The summed E-state index contributed by atoms with van der Waals surface area (Å²) in [7, 11) is 0. The second-order valence-electron chi connectivity index (χ2n) is 5.94. The van der Waals surface area contributed by atoms with Crippen molar-refractivity contribution in [3.63, 3.8) is 0 Å². The van der Waals surface area contributed by atoms with E-state index in [1.54, 1.807) is 13.0 Å². The lowest BCUT2D eigenvalue weighted by atomic mass is 10.1. The van der Waals surface area contributed by atoms with Crippen molar-refractivity contribution in [1.82, 2.24) is 9.55 Å². The number of aromatic amines is 1. The van der Waals surface area contributed by atoms with Gasteiger partial charge in [-0.3, -0.25) is 19.3 Å². The Bertz CT molecular complexity index is 1280. The molecular formula is C19H13ClFN3O4S. The smallest absolute Gasteiger partial charge is 0.336 e. The van der Waals surface area contributed by atoms with Gasteiger partial charge in [0.05, 0.1) is 22.0 Å². The minimum atomic E-state index is -1.11. The van der Waals surface area contributed by atoms with E-state index in [4.69, 9.17) is 23.8 Å². The van der Waals surface area contributed by atoms with E-state index in [-0.39, 0.29) is 26.6 Å². The van der Waals surface area contributed by atoms with Crippen LogP contribution in [0.15, 0.2) is 46.2 Å². The van der Waals surface area contributed by atoms with Crippen LogP contribution in [0.5, 0.6) is 5.88 Å². The molecule has 0 saturated heterocycles. The summed E-state index contributed by atoms with van der Waals surface area (Å²) in [6.07, 6.45) is 1.10. The number of nitrogens with one attached hydrogen (secondary N) is 1. The molecule has 1 heterocycles. The van der Waals surface area contributed by atoms with Gasteiger partial charge in [-0.2, -0.15) is 0 Å². The topological polar surface area (TPSA) is 108 Å². The molecule has 0 radical (unpaired) electrons. The van der Waals surface area contributed by atoms with Gasteiger partial charge in [0, 0.05) is 6.21 Å². The standard InChI is InChI=1S/C19H13ClFN3O4S/c1-9-11(18(27)28)3-2-4-15(9)22-8-12-16(25)23-19(29)24(17(12)26)10-5-6-14(21)13(20)7-10/h2-8,26H,1H3,(H,27,28)(H,23,25,29). The molecule has 0 aliphatic carbocycles. The Morgan fingerprint density at radius 1 is 1.34 bits per heavy atom. The maximum Gasteiger partial charge on any atom is 0.336 e. The van der Waals surface area contributed by atoms with Crippen LogP contribution in [0.25, 0.3) is 5.69 Å². The third-order valence-corrected chi connectivity index (χ3v) is 4.72. The number of hydrogen-bond acceptors (Lipinski definition) is 5. The summed E-state index contributed by atoms with van der Waals surface area (Å²) in [5.41, 5.74) is 0.0725. The van der Waals surface area contributed by atoms with Crippen LogP contribution in [0, 0.1) is 17.5 Å². The van der Waals surface area contributed by atoms with Gasteiger partial charge in [-0.25, -0.2) is 9.18 Å². The molecule has 7 nitrogen and oxygen atoms in total. The predicted molar refractivity (Wildman–Crippen MR) is 109 cm³/mol. The van der Waals surface area contributed by atoms with Crippen molar-refractivity contribution < 1.29 is 19.4 Å². The molecule has 0 aliphatic rings. The summed E-state index contributed by atoms with van der Waals surface area (Å²) in [6, 6.07) is 8.18. The first-order valence-corrected chi connectivity index (χ1v) is 8.90. The van der Waals surface area contributed by atoms with E-state index in [0.29, 0.717) is 11.3 Å². The molecule has 0 amide bonds. The Balaban J connectivity index is 2.14. The number of H-pyrrole nitrogens is 1. The number of aromatic nitrogens is 2. The van der Waals surface area contributed by atoms with E-state index >= 15 is 0 Å². The lowest BCUT2D eigenvalue weighted by Crippen LogP contribution is -2.18. The number of aliphatic imine (C=N–C) groups is 1. The van der Waals surface area contributed by atoms with Crippen molar-refractivity contribution in [3.8, 4) is 11.6 Å². The highest BCUT2D eigenvalue weighted by Crippen LogP contribution is 2.25. The molecule has 3 N–H and O–H groups in total. The molecule has 10 heteroatoms. The number of aromatic carboxylic acids is 1. The predicted octanol–water partition coefficient (Wildman–Crippen LogP) is 4.15. The number of hydrogen-bond donors (Lipinski definition) is 3. The number of carboxylic acid groups (broad SMARTS) is 1. The largest absolute Gasteiger partial charge is 0.494 e. The number of nitrogens with zero attached hydrogens (tertiary/aromatic N) is 2. The molecular weight excluding hydrogens is 421 g/mol. The van der Waals surface area contributed by atoms with E-state index in [0.717, 1.165) is 16.8 Å². The van der Waals surface area contributed by atoms with Gasteiger partial charge in [0.1, 0.15) is 11.4 Å². The van der Waals surface area contributed by atoms with Crippen molar-refractivity contribution >= 4 is 41.7 Å². The van der Waals surface area contributed by atoms with Gasteiger partial charge in [0.25, 0.3) is 5.56 Å². The third-order valence-electron chi connectivity index (χ3n) is 4.15. The molecule has 3 rings (SSSR count). The molecule has 0 unspecified atom stereocenters. The summed E-state index contributed by atoms with van der Waals surface area (Å²) < 4.78 is 14.4. The summed E-state index contributed by atoms with van der Waals surface area (Å²) in [4.78, 5) is 30.1. The number of carboxylic acids is 1. The summed E-state index contributed by atoms with van der Waals surface area (Å²) in [5.74, 6) is -2.29. The zero-order valence-corrected chi connectivity index (χ0v) is 16.4. The molecule has 0 bridgehead atoms. The monoisotopic (exact) mass is 433 g/mol. The molecule has 1 aromatic heterocycles. The minimum absolute atomic E-state index is 0.0645. The Morgan fingerprint density at radius 3 is 2.72 bits per heavy atom. The van der Waals surface area contributed by atoms with Gasteiger partial charge >= 0.3 is 5.97 Å². The van der Waals surface area contributed by atoms with E-state index in [1.165, 1.54) is 24.3 Å². The van der Waals surface area contributed by atoms with Gasteiger partial charge in [0.2, 0.25) is 5.88 Å². The van der Waals surface area contributed by atoms with Crippen LogP contribution in [0.4, 0.5) is 10.1 Å². The minimum Gasteiger partial charge on any atom is -0.494 e. The Kier molecular flexibility index (Phi) is 5.62. The molecule has 0 saturated carbocycles. The molecule has 148 valence electrons. The van der Waals surface area contributed by atoms with Crippen LogP contribution in [0.2, 0.25) is 5.02 Å². The molecule has 0 fully saturated rings. The summed E-state index contributed by atoms with van der Waals surface area (Å²) >= 11 is 10.9. The lowest BCUT2D eigenvalue weighted by molar-refractivity contribution is 0.0696. The molecule has 0 spiro atoms. The van der Waals surface area contributed by atoms with Crippen molar-refractivity contribution in [2.24, 2.45) is 4.99 Å². The summed E-state index contributed by atoms with van der Waals surface area (Å²) in [5, 5.41) is 19.6. The zero-order chi connectivity index (χ0) is 21.3. The number of carbonyl (C=O) groups is 1. The number of halogens is 2. The average molecular weight is 434 g/mol. The van der Waals surface area contributed by atoms with Crippen LogP contribution >= 0.6 is 23.8 Å². The fraction of sp³-hybridized carbons (Fsp3) is 0.0526. The van der Waals surface area contributed by atoms with Gasteiger partial charge in [0.15, 0.2) is 4.77 Å². The maximum absolute atomic E-state index is 13.4. The SMILES string of the molecule is Cc1c(N=Cc2c(O)n(-c3ccc(F)c(Cl)c3)c(=S)[nH]c2=O)cccc1C(=O)O. The normalized spacial score (nSPS) is 11.1. The highest BCUT2D eigenvalue weighted by atomic mass is 35.5. The molecule has 29 heavy (non-hydrogen) atoms. The first kappa shape index (κ1) is 20.4. The summed E-state index contributed by atoms with van der Waals surface area (Å²) in [6.45, 7) is 1.58. The fourth-order valence-electron chi connectivity index (χ4n) is 2.65. The molecule has 0 aliphatic heterocycles. The van der Waals surface area contributed by atoms with E-state index < -0.39 is 23.2 Å². The second-order valence-corrected chi connectivity index (χ2v) is 6.74. The van der Waals surface area contributed by atoms with Gasteiger partial charge in [-0.05, 0) is 55.0 Å². The van der Waals surface area contributed by atoms with E-state index in [1.807, 2.05) is 0 Å². The number of aromatic hydroxyl groups is 1. The Morgan fingerprint density at radius 2 is 2.07 bits per heavy atom. The average Bonchev–Trinajstić information content (AvgIpc) is 2.65. The van der Waals surface area contributed by atoms with Gasteiger partial charge in [-0.15, -0.1) is 0 Å². The van der Waals surface area contributed by atoms with Crippen LogP contribution in [0.3, 0.4) is 0 Å². The first-order valence-electron chi connectivity index (χ1n) is 8.11. The van der Waals surface area contributed by atoms with Gasteiger partial charge in [-0.1, -0.05) is 17.7 Å².